The molecule has 1 aliphatic rings. The largest absolute Gasteiger partial charge is 0.508 e. The van der Waals surface area contributed by atoms with Crippen molar-refractivity contribution in [3.8, 4) is 11.5 Å². The Bertz CT molecular complexity index is 834. The van der Waals surface area contributed by atoms with E-state index in [4.69, 9.17) is 5.41 Å². The first-order chi connectivity index (χ1) is 11.0. The van der Waals surface area contributed by atoms with E-state index in [9.17, 15) is 19.4 Å². The number of phenols is 2. The first kappa shape index (κ1) is 15.1. The third-order valence-corrected chi connectivity index (χ3v) is 4.10. The number of benzene rings is 2. The Hall–Kier alpha value is -2.80. The van der Waals surface area contributed by atoms with E-state index in [1.807, 2.05) is 0 Å². The van der Waals surface area contributed by atoms with Gasteiger partial charge >= 0.3 is 0 Å². The normalized spacial score (nSPS) is 16.4. The summed E-state index contributed by atoms with van der Waals surface area (Å²) in [4.78, 5) is 13.9. The molecule has 0 aromatic heterocycles. The van der Waals surface area contributed by atoms with Crippen LogP contribution in [0, 0.1) is 11.2 Å². The number of phenolic OH excluding ortho intramolecular Hbond substituents is 2. The number of carbonyl (C=O) groups is 1. The number of carbonyl (C=O) groups excluding carboxylic acids is 1. The molecule has 1 aliphatic heterocycles. The van der Waals surface area contributed by atoms with Crippen LogP contribution in [0.3, 0.4) is 0 Å². The van der Waals surface area contributed by atoms with Gasteiger partial charge in [0, 0.05) is 11.6 Å². The van der Waals surface area contributed by atoms with E-state index >= 15 is 0 Å². The molecule has 1 heterocycles. The summed E-state index contributed by atoms with van der Waals surface area (Å²) in [6, 6.07) is 9.29. The summed E-state index contributed by atoms with van der Waals surface area (Å²) in [7, 11) is 0. The molecule has 5 nitrogen and oxygen atoms in total. The molecule has 0 aliphatic carbocycles. The number of halogens is 1. The fourth-order valence-electron chi connectivity index (χ4n) is 2.11. The van der Waals surface area contributed by atoms with Crippen molar-refractivity contribution >= 4 is 34.6 Å². The van der Waals surface area contributed by atoms with Crippen molar-refractivity contribution in [3.63, 3.8) is 0 Å². The number of rotatable bonds is 2. The maximum Gasteiger partial charge on any atom is 0.271 e. The van der Waals surface area contributed by atoms with Gasteiger partial charge in [-0.2, -0.15) is 0 Å². The number of nitrogens with one attached hydrogen (secondary N) is 1. The number of amides is 1. The zero-order valence-electron chi connectivity index (χ0n) is 11.7. The summed E-state index contributed by atoms with van der Waals surface area (Å²) in [5.41, 5.74) is 0.750. The Labute approximate surface area is 135 Å². The number of amidine groups is 1. The molecule has 0 saturated carbocycles. The van der Waals surface area contributed by atoms with Crippen LogP contribution in [-0.4, -0.2) is 21.3 Å². The van der Waals surface area contributed by atoms with Gasteiger partial charge in [0.05, 0.1) is 10.6 Å². The van der Waals surface area contributed by atoms with Gasteiger partial charge < -0.3 is 10.2 Å². The van der Waals surface area contributed by atoms with Crippen LogP contribution in [-0.2, 0) is 4.79 Å². The average molecular weight is 330 g/mol. The topological polar surface area (TPSA) is 84.6 Å². The summed E-state index contributed by atoms with van der Waals surface area (Å²) < 4.78 is 13.0. The molecule has 2 aromatic rings. The van der Waals surface area contributed by atoms with Gasteiger partial charge in [-0.3, -0.25) is 15.1 Å². The van der Waals surface area contributed by atoms with Crippen molar-refractivity contribution in [2.45, 2.75) is 0 Å². The molecule has 0 atom stereocenters. The number of hydrogen-bond acceptors (Lipinski definition) is 5. The van der Waals surface area contributed by atoms with Crippen LogP contribution < -0.4 is 4.90 Å². The number of nitrogens with zero attached hydrogens (tertiary/aromatic N) is 1. The lowest BCUT2D eigenvalue weighted by atomic mass is 10.1. The van der Waals surface area contributed by atoms with Crippen LogP contribution in [0.4, 0.5) is 10.1 Å². The maximum absolute atomic E-state index is 13.0. The number of hydrogen-bond donors (Lipinski definition) is 3. The number of aromatic hydroxyl groups is 2. The highest BCUT2D eigenvalue weighted by molar-refractivity contribution is 8.19. The second kappa shape index (κ2) is 5.77. The highest BCUT2D eigenvalue weighted by atomic mass is 32.2. The predicted molar refractivity (Wildman–Crippen MR) is 87.0 cm³/mol. The standard InChI is InChI=1S/C16H11FN2O3S/c17-10-2-4-11(5-3-10)19-15(22)14(23-16(19)18)7-9-1-6-12(20)8-13(9)21/h1-8,18,20-21H/b14-7-,18-16?. The molecular formula is C16H11FN2O3S. The van der Waals surface area contributed by atoms with Gasteiger partial charge in [-0.15, -0.1) is 0 Å². The molecule has 0 spiro atoms. The average Bonchev–Trinajstić information content (AvgIpc) is 2.78. The summed E-state index contributed by atoms with van der Waals surface area (Å²) in [5.74, 6) is -1.11. The first-order valence-corrected chi connectivity index (χ1v) is 7.37. The summed E-state index contributed by atoms with van der Waals surface area (Å²) in [6.07, 6.45) is 1.44. The zero-order valence-corrected chi connectivity index (χ0v) is 12.5. The van der Waals surface area contributed by atoms with Crippen molar-refractivity contribution in [2.24, 2.45) is 0 Å². The Morgan fingerprint density at radius 1 is 1.13 bits per heavy atom. The van der Waals surface area contributed by atoms with Crippen LogP contribution in [0.2, 0.25) is 0 Å². The quantitative estimate of drug-likeness (QED) is 0.738. The molecule has 23 heavy (non-hydrogen) atoms. The SMILES string of the molecule is N=C1S/C(=C\c2ccc(O)cc2O)C(=O)N1c1ccc(F)cc1. The van der Waals surface area contributed by atoms with Gasteiger partial charge in [0.15, 0.2) is 5.17 Å². The maximum atomic E-state index is 13.0. The van der Waals surface area contributed by atoms with Crippen molar-refractivity contribution in [3.05, 3.63) is 58.8 Å². The molecule has 0 unspecified atom stereocenters. The minimum atomic E-state index is -0.431. The van der Waals surface area contributed by atoms with Crippen molar-refractivity contribution in [2.75, 3.05) is 4.90 Å². The Kier molecular flexibility index (Phi) is 3.79. The Morgan fingerprint density at radius 3 is 2.48 bits per heavy atom. The lowest BCUT2D eigenvalue weighted by Crippen LogP contribution is -2.28. The van der Waals surface area contributed by atoms with E-state index in [-0.39, 0.29) is 21.6 Å². The Balaban J connectivity index is 1.94. The van der Waals surface area contributed by atoms with Gasteiger partial charge in [-0.25, -0.2) is 4.39 Å². The number of thioether (sulfide) groups is 1. The van der Waals surface area contributed by atoms with Crippen molar-refractivity contribution < 1.29 is 19.4 Å². The lowest BCUT2D eigenvalue weighted by Gasteiger charge is -2.13. The van der Waals surface area contributed by atoms with E-state index in [0.29, 0.717) is 11.3 Å². The molecule has 116 valence electrons. The summed E-state index contributed by atoms with van der Waals surface area (Å²) in [5, 5.41) is 27.0. The van der Waals surface area contributed by atoms with Crippen LogP contribution >= 0.6 is 11.8 Å². The van der Waals surface area contributed by atoms with E-state index in [1.165, 1.54) is 48.5 Å². The monoisotopic (exact) mass is 330 g/mol. The molecular weight excluding hydrogens is 319 g/mol. The second-order valence-electron chi connectivity index (χ2n) is 4.78. The van der Waals surface area contributed by atoms with Gasteiger partial charge in [-0.1, -0.05) is 0 Å². The van der Waals surface area contributed by atoms with Crippen LogP contribution in [0.15, 0.2) is 47.4 Å². The van der Waals surface area contributed by atoms with Crippen LogP contribution in [0.5, 0.6) is 11.5 Å². The van der Waals surface area contributed by atoms with Crippen LogP contribution in [0.25, 0.3) is 6.08 Å². The van der Waals surface area contributed by atoms with Gasteiger partial charge in [-0.05, 0) is 54.2 Å². The van der Waals surface area contributed by atoms with Crippen LogP contribution in [0.1, 0.15) is 5.56 Å². The number of anilines is 1. The minimum absolute atomic E-state index is 0.00822. The highest BCUT2D eigenvalue weighted by Gasteiger charge is 2.33. The van der Waals surface area contributed by atoms with E-state index in [0.717, 1.165) is 16.7 Å². The molecule has 0 radical (unpaired) electrons. The molecule has 1 saturated heterocycles. The van der Waals surface area contributed by atoms with Crippen molar-refractivity contribution in [1.82, 2.24) is 0 Å². The molecule has 3 N–H and O–H groups in total. The summed E-state index contributed by atoms with van der Waals surface area (Å²) in [6.45, 7) is 0. The molecule has 7 heteroatoms. The van der Waals surface area contributed by atoms with E-state index < -0.39 is 11.7 Å². The smallest absolute Gasteiger partial charge is 0.271 e. The molecule has 3 rings (SSSR count). The third-order valence-electron chi connectivity index (χ3n) is 3.21. The van der Waals surface area contributed by atoms with E-state index in [2.05, 4.69) is 0 Å². The van der Waals surface area contributed by atoms with Gasteiger partial charge in [0.2, 0.25) is 0 Å². The minimum Gasteiger partial charge on any atom is -0.508 e. The van der Waals surface area contributed by atoms with Crippen molar-refractivity contribution in [1.29, 1.82) is 5.41 Å². The van der Waals surface area contributed by atoms with Gasteiger partial charge in [0.25, 0.3) is 5.91 Å². The fraction of sp³-hybridized carbons (Fsp3) is 0. The third kappa shape index (κ3) is 2.91. The molecule has 2 aromatic carbocycles. The Morgan fingerprint density at radius 2 is 1.83 bits per heavy atom. The zero-order chi connectivity index (χ0) is 16.6. The lowest BCUT2D eigenvalue weighted by molar-refractivity contribution is -0.113. The molecule has 1 fully saturated rings. The second-order valence-corrected chi connectivity index (χ2v) is 5.81. The first-order valence-electron chi connectivity index (χ1n) is 6.56. The fourth-order valence-corrected chi connectivity index (χ4v) is 2.96. The predicted octanol–water partition coefficient (Wildman–Crippen LogP) is 3.29. The molecule has 0 bridgehead atoms. The van der Waals surface area contributed by atoms with Gasteiger partial charge in [0.1, 0.15) is 17.3 Å². The van der Waals surface area contributed by atoms with E-state index in [1.54, 1.807) is 0 Å². The highest BCUT2D eigenvalue weighted by Crippen LogP contribution is 2.36. The molecule has 1 amide bonds. The summed E-state index contributed by atoms with van der Waals surface area (Å²) >= 11 is 0.942.